The Hall–Kier alpha value is -5.16. The maximum absolute atomic E-state index is 13.9. The second-order valence-electron chi connectivity index (χ2n) is 14.1. The van der Waals surface area contributed by atoms with Crippen LogP contribution in [-0.2, 0) is 18.6 Å². The number of esters is 2. The van der Waals surface area contributed by atoms with Crippen molar-refractivity contribution in [3.05, 3.63) is 173 Å². The van der Waals surface area contributed by atoms with Crippen molar-refractivity contribution < 1.29 is 28.2 Å². The van der Waals surface area contributed by atoms with Gasteiger partial charge in [0.25, 0.3) is 8.32 Å². The van der Waals surface area contributed by atoms with Crippen molar-refractivity contribution in [1.82, 2.24) is 0 Å². The first-order valence-corrected chi connectivity index (χ1v) is 20.6. The smallest absolute Gasteiger partial charge is 0.338 e. The van der Waals surface area contributed by atoms with Crippen LogP contribution in [0.4, 0.5) is 0 Å². The number of benzene rings is 5. The highest BCUT2D eigenvalue weighted by Gasteiger charge is 2.54. The fourth-order valence-corrected chi connectivity index (χ4v) is 12.5. The Balaban J connectivity index is 1.47. The van der Waals surface area contributed by atoms with Gasteiger partial charge in [0.1, 0.15) is 17.6 Å². The Kier molecular flexibility index (Phi) is 12.4. The number of carbonyl (C=O) groups is 2. The molecule has 0 N–H and O–H groups in total. The fourth-order valence-electron chi connectivity index (χ4n) is 6.83. The van der Waals surface area contributed by atoms with Crippen LogP contribution in [0.1, 0.15) is 47.1 Å². The summed E-state index contributed by atoms with van der Waals surface area (Å²) in [4.78, 5) is 31.7. The van der Waals surface area contributed by atoms with Crippen molar-refractivity contribution in [2.45, 2.75) is 67.4 Å². The van der Waals surface area contributed by atoms with Crippen LogP contribution in [-0.4, -0.2) is 56.7 Å². The molecule has 5 aromatic carbocycles. The number of carbonyl (C=O) groups excluding carboxylic acids is 2. The molecule has 1 saturated heterocycles. The van der Waals surface area contributed by atoms with E-state index >= 15 is 0 Å². The lowest BCUT2D eigenvalue weighted by Crippen LogP contribution is -2.68. The summed E-state index contributed by atoms with van der Waals surface area (Å²) < 4.78 is 26.8. The first-order chi connectivity index (χ1) is 26.1. The van der Waals surface area contributed by atoms with E-state index in [1.165, 1.54) is 11.8 Å². The third-order valence-corrected chi connectivity index (χ3v) is 15.6. The molecular formula is C43H43N3O6SSi. The number of nitrogens with zero attached hydrogens (tertiary/aromatic N) is 3. The molecule has 0 aromatic heterocycles. The van der Waals surface area contributed by atoms with Crippen molar-refractivity contribution in [1.29, 1.82) is 0 Å². The molecule has 0 radical (unpaired) electrons. The molecule has 6 rings (SSSR count). The number of rotatable bonds is 12. The fraction of sp³-hybridized carbons (Fsp3) is 0.256. The first kappa shape index (κ1) is 38.6. The second-order valence-corrected chi connectivity index (χ2v) is 19.6. The number of ether oxygens (including phenoxy) is 3. The van der Waals surface area contributed by atoms with Crippen molar-refractivity contribution in [3.63, 3.8) is 0 Å². The molecular weight excluding hydrogens is 715 g/mol. The van der Waals surface area contributed by atoms with Crippen LogP contribution in [0.2, 0.25) is 5.04 Å². The molecule has 0 amide bonds. The van der Waals surface area contributed by atoms with E-state index in [0.717, 1.165) is 20.8 Å². The molecule has 9 nitrogen and oxygen atoms in total. The molecule has 0 aliphatic carbocycles. The van der Waals surface area contributed by atoms with E-state index in [-0.39, 0.29) is 11.6 Å². The molecule has 5 atom stereocenters. The number of hydrogen-bond donors (Lipinski definition) is 0. The van der Waals surface area contributed by atoms with Gasteiger partial charge in [0.05, 0.1) is 17.7 Å². The zero-order valence-electron chi connectivity index (χ0n) is 30.6. The molecule has 0 saturated carbocycles. The van der Waals surface area contributed by atoms with Gasteiger partial charge in [-0.2, -0.15) is 0 Å². The number of hydrogen-bond acceptors (Lipinski definition) is 8. The van der Waals surface area contributed by atoms with E-state index in [0.29, 0.717) is 11.1 Å². The summed E-state index contributed by atoms with van der Waals surface area (Å²) >= 11 is 1.34. The van der Waals surface area contributed by atoms with Gasteiger partial charge in [0, 0.05) is 9.81 Å². The molecule has 0 bridgehead atoms. The molecule has 0 spiro atoms. The Morgan fingerprint density at radius 3 is 1.65 bits per heavy atom. The van der Waals surface area contributed by atoms with Gasteiger partial charge in [-0.15, -0.1) is 0 Å². The molecule has 1 heterocycles. The van der Waals surface area contributed by atoms with Gasteiger partial charge < -0.3 is 18.6 Å². The minimum atomic E-state index is -3.13. The predicted molar refractivity (Wildman–Crippen MR) is 213 cm³/mol. The summed E-state index contributed by atoms with van der Waals surface area (Å²) in [5.41, 5.74) is 10.7. The summed E-state index contributed by atoms with van der Waals surface area (Å²) in [6.07, 6.45) is -3.43. The molecule has 54 heavy (non-hydrogen) atoms. The third kappa shape index (κ3) is 8.62. The van der Waals surface area contributed by atoms with Crippen LogP contribution in [0.3, 0.4) is 0 Å². The second kappa shape index (κ2) is 17.3. The number of thioether (sulfide) groups is 1. The van der Waals surface area contributed by atoms with E-state index in [9.17, 15) is 15.1 Å². The van der Waals surface area contributed by atoms with Crippen LogP contribution < -0.4 is 10.4 Å². The van der Waals surface area contributed by atoms with Gasteiger partial charge in [-0.1, -0.05) is 152 Å². The zero-order valence-corrected chi connectivity index (χ0v) is 32.5. The molecule has 1 unspecified atom stereocenters. The Bertz CT molecular complexity index is 2000. The first-order valence-electron chi connectivity index (χ1n) is 17.8. The minimum absolute atomic E-state index is 0.0344. The summed E-state index contributed by atoms with van der Waals surface area (Å²) in [5.74, 6) is -1.31. The molecule has 1 fully saturated rings. The molecule has 1 aliphatic rings. The Morgan fingerprint density at radius 1 is 0.722 bits per heavy atom. The van der Waals surface area contributed by atoms with E-state index < -0.39 is 50.0 Å². The van der Waals surface area contributed by atoms with Crippen molar-refractivity contribution in [3.8, 4) is 0 Å². The average Bonchev–Trinajstić information content (AvgIpc) is 3.19. The molecule has 5 aromatic rings. The average molecular weight is 758 g/mol. The van der Waals surface area contributed by atoms with Crippen molar-refractivity contribution in [2.75, 3.05) is 6.61 Å². The van der Waals surface area contributed by atoms with E-state index in [1.807, 2.05) is 67.6 Å². The largest absolute Gasteiger partial charge is 0.454 e. The zero-order chi connectivity index (χ0) is 38.1. The molecule has 11 heteroatoms. The van der Waals surface area contributed by atoms with Gasteiger partial charge in [-0.3, -0.25) is 0 Å². The SMILES string of the molecule is Cc1ccc(SC2O[C@H](CO[Si](c3ccccc3)(c3ccccc3)C(C)(C)C)[C@H](OC(=O)c3ccccc3)[C@H](OC(=O)c3ccccc3)[C@H]2N=[N+]=[N-])cc1. The minimum Gasteiger partial charge on any atom is -0.454 e. The van der Waals surface area contributed by atoms with Gasteiger partial charge >= 0.3 is 11.9 Å². The van der Waals surface area contributed by atoms with E-state index in [2.05, 4.69) is 55.1 Å². The van der Waals surface area contributed by atoms with E-state index in [4.69, 9.17) is 18.6 Å². The highest BCUT2D eigenvalue weighted by molar-refractivity contribution is 7.99. The highest BCUT2D eigenvalue weighted by Crippen LogP contribution is 2.41. The lowest BCUT2D eigenvalue weighted by molar-refractivity contribution is -0.167. The quantitative estimate of drug-likeness (QED) is 0.0412. The molecule has 276 valence electrons. The maximum atomic E-state index is 13.9. The lowest BCUT2D eigenvalue weighted by Gasteiger charge is -2.47. The molecule has 1 aliphatic heterocycles. The monoisotopic (exact) mass is 757 g/mol. The summed E-state index contributed by atoms with van der Waals surface area (Å²) in [7, 11) is -3.13. The summed E-state index contributed by atoms with van der Waals surface area (Å²) in [6.45, 7) is 8.48. The van der Waals surface area contributed by atoms with Gasteiger partial charge in [0.2, 0.25) is 0 Å². The van der Waals surface area contributed by atoms with Crippen molar-refractivity contribution in [2.24, 2.45) is 5.11 Å². The van der Waals surface area contributed by atoms with Crippen LogP contribution in [0.15, 0.2) is 156 Å². The highest BCUT2D eigenvalue weighted by atomic mass is 32.2. The maximum Gasteiger partial charge on any atom is 0.338 e. The van der Waals surface area contributed by atoms with E-state index in [1.54, 1.807) is 60.7 Å². The van der Waals surface area contributed by atoms with Crippen LogP contribution >= 0.6 is 11.8 Å². The van der Waals surface area contributed by atoms with Crippen molar-refractivity contribution >= 4 is 42.4 Å². The standard InChI is InChI=1S/C43H43N3O6SSi/c1-30-25-27-33(28-26-30)53-42-37(45-46-44)39(52-41(48)32-19-11-6-12-20-32)38(51-40(47)31-17-9-5-10-18-31)36(50-42)29-49-54(43(2,3)4,34-21-13-7-14-22-34)35-23-15-8-16-24-35/h5-28,36-39,42H,29H2,1-4H3/t36-,37-,38+,39-,42?/m1/s1. The normalized spacial score (nSPS) is 20.0. The lowest BCUT2D eigenvalue weighted by atomic mass is 9.97. The number of aryl methyl sites for hydroxylation is 1. The van der Waals surface area contributed by atoms with Crippen LogP contribution in [0.25, 0.3) is 10.4 Å². The van der Waals surface area contributed by atoms with Gasteiger partial charge in [-0.25, -0.2) is 9.59 Å². The van der Waals surface area contributed by atoms with Crippen LogP contribution in [0, 0.1) is 6.92 Å². The van der Waals surface area contributed by atoms with Gasteiger partial charge in [0.15, 0.2) is 12.2 Å². The van der Waals surface area contributed by atoms with Crippen LogP contribution in [0.5, 0.6) is 0 Å². The number of azide groups is 1. The topological polar surface area (TPSA) is 120 Å². The third-order valence-electron chi connectivity index (χ3n) is 9.46. The summed E-state index contributed by atoms with van der Waals surface area (Å²) in [6, 6.07) is 44.3. The Morgan fingerprint density at radius 2 is 1.19 bits per heavy atom. The Labute approximate surface area is 321 Å². The van der Waals surface area contributed by atoms with Gasteiger partial charge in [-0.05, 0) is 64.3 Å². The summed E-state index contributed by atoms with van der Waals surface area (Å²) in [5, 5.41) is 5.89. The predicted octanol–water partition coefficient (Wildman–Crippen LogP) is 8.52.